The lowest BCUT2D eigenvalue weighted by Crippen LogP contribution is -2.09. The normalized spacial score (nSPS) is 10.3. The summed E-state index contributed by atoms with van der Waals surface area (Å²) in [4.78, 5) is 22.0. The summed E-state index contributed by atoms with van der Waals surface area (Å²) in [6, 6.07) is 6.52. The largest absolute Gasteiger partial charge is 0.482 e. The van der Waals surface area contributed by atoms with Crippen molar-refractivity contribution in [1.82, 2.24) is 0 Å². The first-order valence-electron chi connectivity index (χ1n) is 5.47. The highest BCUT2D eigenvalue weighted by molar-refractivity contribution is 5.96. The molecule has 1 aromatic rings. The Kier molecular flexibility index (Phi) is 4.69. The summed E-state index contributed by atoms with van der Waals surface area (Å²) < 4.78 is 4.97. The Hall–Kier alpha value is -1.84. The van der Waals surface area contributed by atoms with Crippen molar-refractivity contribution >= 4 is 11.8 Å². The lowest BCUT2D eigenvalue weighted by molar-refractivity contribution is -0.139. The number of ketones is 1. The molecule has 0 aliphatic rings. The molecule has 0 saturated heterocycles. The van der Waals surface area contributed by atoms with Gasteiger partial charge < -0.3 is 9.84 Å². The number of rotatable bonds is 6. The Morgan fingerprint density at radius 3 is 2.29 bits per heavy atom. The van der Waals surface area contributed by atoms with Crippen LogP contribution in [0, 0.1) is 5.92 Å². The molecule has 1 N–H and O–H groups in total. The fourth-order valence-corrected chi connectivity index (χ4v) is 1.37. The van der Waals surface area contributed by atoms with Crippen molar-refractivity contribution in [3.8, 4) is 5.75 Å². The molecule has 0 aliphatic heterocycles. The van der Waals surface area contributed by atoms with Gasteiger partial charge in [0.2, 0.25) is 0 Å². The lowest BCUT2D eigenvalue weighted by Gasteiger charge is -2.06. The van der Waals surface area contributed by atoms with Gasteiger partial charge in [0.05, 0.1) is 0 Å². The van der Waals surface area contributed by atoms with E-state index < -0.39 is 5.97 Å². The average molecular weight is 236 g/mol. The van der Waals surface area contributed by atoms with Crippen LogP contribution in [0.3, 0.4) is 0 Å². The number of hydrogen-bond acceptors (Lipinski definition) is 3. The van der Waals surface area contributed by atoms with Gasteiger partial charge in [0.1, 0.15) is 5.75 Å². The first-order valence-corrected chi connectivity index (χ1v) is 5.47. The van der Waals surface area contributed by atoms with E-state index in [-0.39, 0.29) is 12.4 Å². The third-order valence-corrected chi connectivity index (χ3v) is 2.13. The number of carbonyl (C=O) groups excluding carboxylic acids is 1. The summed E-state index contributed by atoms with van der Waals surface area (Å²) in [7, 11) is 0. The number of carboxylic acid groups (broad SMARTS) is 1. The van der Waals surface area contributed by atoms with E-state index in [2.05, 4.69) is 0 Å². The SMILES string of the molecule is CC(C)CC(=O)c1ccc(OCC(=O)O)cc1. The molecule has 0 spiro atoms. The summed E-state index contributed by atoms with van der Waals surface area (Å²) in [5.74, 6) is -0.159. The summed E-state index contributed by atoms with van der Waals surface area (Å²) in [6.45, 7) is 3.60. The monoisotopic (exact) mass is 236 g/mol. The first kappa shape index (κ1) is 13.2. The molecule has 0 aliphatic carbocycles. The molecule has 1 rings (SSSR count). The number of carboxylic acids is 1. The molecule has 0 aromatic heterocycles. The second kappa shape index (κ2) is 6.03. The molecule has 0 unspecified atom stereocenters. The molecule has 0 amide bonds. The molecule has 1 aromatic carbocycles. The van der Waals surface area contributed by atoms with Gasteiger partial charge >= 0.3 is 5.97 Å². The van der Waals surface area contributed by atoms with Crippen LogP contribution in [0.2, 0.25) is 0 Å². The van der Waals surface area contributed by atoms with E-state index in [1.807, 2.05) is 13.8 Å². The van der Waals surface area contributed by atoms with E-state index >= 15 is 0 Å². The van der Waals surface area contributed by atoms with Gasteiger partial charge in [0, 0.05) is 12.0 Å². The van der Waals surface area contributed by atoms with Crippen molar-refractivity contribution in [3.63, 3.8) is 0 Å². The van der Waals surface area contributed by atoms with Crippen LogP contribution in [0.5, 0.6) is 5.75 Å². The van der Waals surface area contributed by atoms with Crippen LogP contribution in [-0.2, 0) is 4.79 Å². The van der Waals surface area contributed by atoms with Gasteiger partial charge in [-0.25, -0.2) is 4.79 Å². The highest BCUT2D eigenvalue weighted by Crippen LogP contribution is 2.15. The third kappa shape index (κ3) is 4.68. The van der Waals surface area contributed by atoms with E-state index in [1.165, 1.54) is 0 Å². The van der Waals surface area contributed by atoms with Crippen LogP contribution in [0.15, 0.2) is 24.3 Å². The standard InChI is InChI=1S/C13H16O4/c1-9(2)7-12(14)10-3-5-11(6-4-10)17-8-13(15)16/h3-6,9H,7-8H2,1-2H3,(H,15,16). The Morgan fingerprint density at radius 1 is 1.24 bits per heavy atom. The summed E-state index contributed by atoms with van der Waals surface area (Å²) >= 11 is 0. The van der Waals surface area contributed by atoms with Crippen molar-refractivity contribution in [2.75, 3.05) is 6.61 Å². The minimum atomic E-state index is -1.02. The second-order valence-corrected chi connectivity index (χ2v) is 4.23. The second-order valence-electron chi connectivity index (χ2n) is 4.23. The smallest absolute Gasteiger partial charge is 0.341 e. The van der Waals surface area contributed by atoms with Crippen molar-refractivity contribution in [2.24, 2.45) is 5.92 Å². The Morgan fingerprint density at radius 2 is 1.82 bits per heavy atom. The maximum absolute atomic E-state index is 11.7. The number of aliphatic carboxylic acids is 1. The predicted molar refractivity (Wildman–Crippen MR) is 63.4 cm³/mol. The Balaban J connectivity index is 2.61. The zero-order valence-electron chi connectivity index (χ0n) is 9.97. The first-order chi connectivity index (χ1) is 7.99. The molecular formula is C13H16O4. The Labute approximate surface area is 100 Å². The average Bonchev–Trinajstić information content (AvgIpc) is 2.26. The highest BCUT2D eigenvalue weighted by atomic mass is 16.5. The fraction of sp³-hybridized carbons (Fsp3) is 0.385. The number of benzene rings is 1. The van der Waals surface area contributed by atoms with Crippen molar-refractivity contribution in [3.05, 3.63) is 29.8 Å². The van der Waals surface area contributed by atoms with E-state index in [4.69, 9.17) is 9.84 Å². The highest BCUT2D eigenvalue weighted by Gasteiger charge is 2.08. The van der Waals surface area contributed by atoms with Crippen LogP contribution in [-0.4, -0.2) is 23.5 Å². The maximum Gasteiger partial charge on any atom is 0.341 e. The molecular weight excluding hydrogens is 220 g/mol. The predicted octanol–water partition coefficient (Wildman–Crippen LogP) is 2.38. The van der Waals surface area contributed by atoms with Crippen molar-refractivity contribution < 1.29 is 19.4 Å². The fourth-order valence-electron chi connectivity index (χ4n) is 1.37. The molecule has 0 radical (unpaired) electrons. The van der Waals surface area contributed by atoms with E-state index in [0.717, 1.165) is 0 Å². The van der Waals surface area contributed by atoms with Crippen molar-refractivity contribution in [2.45, 2.75) is 20.3 Å². The zero-order valence-corrected chi connectivity index (χ0v) is 9.97. The van der Waals surface area contributed by atoms with Crippen LogP contribution >= 0.6 is 0 Å². The van der Waals surface area contributed by atoms with Crippen LogP contribution < -0.4 is 4.74 Å². The van der Waals surface area contributed by atoms with E-state index in [1.54, 1.807) is 24.3 Å². The van der Waals surface area contributed by atoms with E-state index in [0.29, 0.717) is 23.7 Å². The summed E-state index contributed by atoms with van der Waals surface area (Å²) in [6.07, 6.45) is 0.509. The van der Waals surface area contributed by atoms with Crippen molar-refractivity contribution in [1.29, 1.82) is 0 Å². The molecule has 0 fully saturated rings. The quantitative estimate of drug-likeness (QED) is 0.770. The van der Waals surface area contributed by atoms with Gasteiger partial charge in [-0.15, -0.1) is 0 Å². The lowest BCUT2D eigenvalue weighted by atomic mass is 10.0. The van der Waals surface area contributed by atoms with Crippen LogP contribution in [0.1, 0.15) is 30.6 Å². The molecule has 0 bridgehead atoms. The molecule has 0 saturated carbocycles. The summed E-state index contributed by atoms with van der Waals surface area (Å²) in [5.41, 5.74) is 0.626. The molecule has 17 heavy (non-hydrogen) atoms. The summed E-state index contributed by atoms with van der Waals surface area (Å²) in [5, 5.41) is 8.44. The molecule has 92 valence electrons. The third-order valence-electron chi connectivity index (χ3n) is 2.13. The van der Waals surface area contributed by atoms with Crippen LogP contribution in [0.25, 0.3) is 0 Å². The van der Waals surface area contributed by atoms with Gasteiger partial charge in [-0.05, 0) is 30.2 Å². The number of Topliss-reactive ketones (excluding diaryl/α,β-unsaturated/α-hetero) is 1. The molecule has 0 heterocycles. The number of carbonyl (C=O) groups is 2. The van der Waals surface area contributed by atoms with Gasteiger partial charge in [-0.2, -0.15) is 0 Å². The minimum Gasteiger partial charge on any atom is -0.482 e. The van der Waals surface area contributed by atoms with Crippen LogP contribution in [0.4, 0.5) is 0 Å². The van der Waals surface area contributed by atoms with Gasteiger partial charge in [-0.3, -0.25) is 4.79 Å². The van der Waals surface area contributed by atoms with Gasteiger partial charge in [0.25, 0.3) is 0 Å². The maximum atomic E-state index is 11.7. The molecule has 0 atom stereocenters. The topological polar surface area (TPSA) is 63.6 Å². The van der Waals surface area contributed by atoms with E-state index in [9.17, 15) is 9.59 Å². The number of ether oxygens (including phenoxy) is 1. The van der Waals surface area contributed by atoms with Gasteiger partial charge in [-0.1, -0.05) is 13.8 Å². The van der Waals surface area contributed by atoms with Gasteiger partial charge in [0.15, 0.2) is 12.4 Å². The minimum absolute atomic E-state index is 0.0878. The molecule has 4 heteroatoms. The molecule has 4 nitrogen and oxygen atoms in total. The zero-order chi connectivity index (χ0) is 12.8. The number of hydrogen-bond donors (Lipinski definition) is 1. The Bertz CT molecular complexity index is 392.